The fraction of sp³-hybridized carbons (Fsp3) is 0.900. The average Bonchev–Trinajstić information content (AvgIpc) is 2.02. The van der Waals surface area contributed by atoms with Crippen molar-refractivity contribution in [1.82, 2.24) is 0 Å². The number of hydrogen-bond donors (Lipinski definition) is 2. The number of carbonyl (C=O) groups is 1. The van der Waals surface area contributed by atoms with Gasteiger partial charge in [-0.2, -0.15) is 0 Å². The van der Waals surface area contributed by atoms with Gasteiger partial charge >= 0.3 is 5.97 Å². The van der Waals surface area contributed by atoms with Gasteiger partial charge in [0.2, 0.25) is 0 Å². The molecule has 2 N–H and O–H groups in total. The lowest BCUT2D eigenvalue weighted by Gasteiger charge is -2.22. The van der Waals surface area contributed by atoms with Crippen molar-refractivity contribution >= 4 is 5.97 Å². The van der Waals surface area contributed by atoms with Crippen molar-refractivity contribution in [2.75, 3.05) is 13.2 Å². The molecule has 0 aromatic heterocycles. The molecule has 0 aliphatic carbocycles. The van der Waals surface area contributed by atoms with Gasteiger partial charge in [-0.1, -0.05) is 0 Å². The number of rotatable bonds is 5. The van der Waals surface area contributed by atoms with Gasteiger partial charge < -0.3 is 14.9 Å². The highest BCUT2D eigenvalue weighted by molar-refractivity contribution is 5.72. The summed E-state index contributed by atoms with van der Waals surface area (Å²) < 4.78 is 5.11. The fourth-order valence-corrected chi connectivity index (χ4v) is 1.01. The maximum Gasteiger partial charge on any atom is 0.311 e. The van der Waals surface area contributed by atoms with Gasteiger partial charge in [-0.05, 0) is 33.6 Å². The molecule has 0 aliphatic rings. The van der Waals surface area contributed by atoms with Gasteiger partial charge in [0.25, 0.3) is 0 Å². The van der Waals surface area contributed by atoms with Crippen molar-refractivity contribution in [3.8, 4) is 0 Å². The van der Waals surface area contributed by atoms with Crippen LogP contribution >= 0.6 is 0 Å². The Morgan fingerprint density at radius 1 is 1.36 bits per heavy atom. The van der Waals surface area contributed by atoms with E-state index in [9.17, 15) is 4.79 Å². The monoisotopic (exact) mass is 204 g/mol. The molecule has 0 fully saturated rings. The van der Waals surface area contributed by atoms with Crippen molar-refractivity contribution in [3.63, 3.8) is 0 Å². The summed E-state index contributed by atoms with van der Waals surface area (Å²) in [5.41, 5.74) is -0.524. The Labute approximate surface area is 84.9 Å². The molecule has 0 heterocycles. The highest BCUT2D eigenvalue weighted by Crippen LogP contribution is 2.14. The Morgan fingerprint density at radius 3 is 2.29 bits per heavy atom. The highest BCUT2D eigenvalue weighted by Gasteiger charge is 2.23. The Balaban J connectivity index is 4.04. The Morgan fingerprint density at radius 2 is 1.93 bits per heavy atom. The molecule has 0 amide bonds. The minimum Gasteiger partial charge on any atom is -0.460 e. The van der Waals surface area contributed by atoms with E-state index < -0.39 is 17.5 Å². The fourth-order valence-electron chi connectivity index (χ4n) is 1.01. The van der Waals surface area contributed by atoms with Gasteiger partial charge in [0.15, 0.2) is 0 Å². The van der Waals surface area contributed by atoms with Crippen LogP contribution in [-0.2, 0) is 9.53 Å². The van der Waals surface area contributed by atoms with Crippen LogP contribution in [0.1, 0.15) is 33.6 Å². The minimum absolute atomic E-state index is 0.0271. The molecule has 0 spiro atoms. The third kappa shape index (κ3) is 5.94. The van der Waals surface area contributed by atoms with Crippen LogP contribution in [0.4, 0.5) is 0 Å². The molecule has 0 aliphatic heterocycles. The van der Waals surface area contributed by atoms with Crippen molar-refractivity contribution < 1.29 is 19.7 Å². The second kappa shape index (κ2) is 5.98. The van der Waals surface area contributed by atoms with Gasteiger partial charge in [0, 0.05) is 6.61 Å². The third-order valence-electron chi connectivity index (χ3n) is 1.67. The molecule has 84 valence electrons. The second-order valence-corrected chi connectivity index (χ2v) is 4.28. The second-order valence-electron chi connectivity index (χ2n) is 4.28. The van der Waals surface area contributed by atoms with Crippen LogP contribution in [0, 0.1) is 5.92 Å². The van der Waals surface area contributed by atoms with Gasteiger partial charge in [0.05, 0.1) is 12.5 Å². The van der Waals surface area contributed by atoms with Crippen LogP contribution < -0.4 is 0 Å². The summed E-state index contributed by atoms with van der Waals surface area (Å²) in [5, 5.41) is 17.5. The first kappa shape index (κ1) is 13.4. The summed E-state index contributed by atoms with van der Waals surface area (Å²) in [6.45, 7) is 5.15. The Hall–Kier alpha value is -0.610. The predicted octanol–water partition coefficient (Wildman–Crippen LogP) is 0.709. The zero-order valence-corrected chi connectivity index (χ0v) is 9.12. The van der Waals surface area contributed by atoms with Crippen molar-refractivity contribution in [2.45, 2.75) is 39.2 Å². The summed E-state index contributed by atoms with van der Waals surface area (Å²) in [4.78, 5) is 11.4. The Bertz CT molecular complexity index is 171. The summed E-state index contributed by atoms with van der Waals surface area (Å²) in [6.07, 6.45) is 0.965. The van der Waals surface area contributed by atoms with E-state index in [4.69, 9.17) is 14.9 Å². The highest BCUT2D eigenvalue weighted by atomic mass is 16.6. The quantitative estimate of drug-likeness (QED) is 0.647. The first-order valence-electron chi connectivity index (χ1n) is 4.85. The van der Waals surface area contributed by atoms with Crippen LogP contribution in [0.15, 0.2) is 0 Å². The lowest BCUT2D eigenvalue weighted by Crippen LogP contribution is -2.30. The first-order valence-corrected chi connectivity index (χ1v) is 4.85. The lowest BCUT2D eigenvalue weighted by atomic mass is 10.0. The molecule has 1 unspecified atom stereocenters. The molecular weight excluding hydrogens is 184 g/mol. The standard InChI is InChI=1S/C10H20O4/c1-10(2,3)14-9(13)8(7-12)5-4-6-11/h8,11-12H,4-7H2,1-3H3. The molecule has 1 atom stereocenters. The molecule has 0 rings (SSSR count). The van der Waals surface area contributed by atoms with E-state index >= 15 is 0 Å². The molecular formula is C10H20O4. The van der Waals surface area contributed by atoms with Crippen LogP contribution in [0.3, 0.4) is 0 Å². The van der Waals surface area contributed by atoms with E-state index in [-0.39, 0.29) is 13.2 Å². The predicted molar refractivity (Wildman–Crippen MR) is 52.7 cm³/mol. The number of aliphatic hydroxyl groups excluding tert-OH is 2. The molecule has 0 aromatic rings. The van der Waals surface area contributed by atoms with E-state index in [0.717, 1.165) is 0 Å². The largest absolute Gasteiger partial charge is 0.460 e. The molecule has 0 saturated carbocycles. The summed E-state index contributed by atoms with van der Waals surface area (Å²) in [6, 6.07) is 0. The molecule has 0 bridgehead atoms. The normalized spacial score (nSPS) is 13.8. The zero-order valence-electron chi connectivity index (χ0n) is 9.12. The van der Waals surface area contributed by atoms with E-state index in [0.29, 0.717) is 12.8 Å². The lowest BCUT2D eigenvalue weighted by molar-refractivity contribution is -0.161. The molecule has 4 heteroatoms. The van der Waals surface area contributed by atoms with Crippen molar-refractivity contribution in [3.05, 3.63) is 0 Å². The smallest absolute Gasteiger partial charge is 0.311 e. The van der Waals surface area contributed by atoms with Crippen LogP contribution in [0.2, 0.25) is 0 Å². The van der Waals surface area contributed by atoms with Crippen LogP contribution in [-0.4, -0.2) is 35.0 Å². The van der Waals surface area contributed by atoms with E-state index in [1.165, 1.54) is 0 Å². The van der Waals surface area contributed by atoms with Gasteiger partial charge in [-0.15, -0.1) is 0 Å². The van der Waals surface area contributed by atoms with Crippen LogP contribution in [0.5, 0.6) is 0 Å². The SMILES string of the molecule is CC(C)(C)OC(=O)C(CO)CCCO. The molecule has 0 saturated heterocycles. The number of hydrogen-bond acceptors (Lipinski definition) is 4. The van der Waals surface area contributed by atoms with E-state index in [2.05, 4.69) is 0 Å². The minimum atomic E-state index is -0.524. The van der Waals surface area contributed by atoms with Gasteiger partial charge in [0.1, 0.15) is 5.60 Å². The maximum absolute atomic E-state index is 11.4. The van der Waals surface area contributed by atoms with E-state index in [1.807, 2.05) is 0 Å². The zero-order chi connectivity index (χ0) is 11.2. The van der Waals surface area contributed by atoms with Gasteiger partial charge in [-0.25, -0.2) is 0 Å². The summed E-state index contributed by atoms with van der Waals surface area (Å²) in [5.74, 6) is -0.908. The molecule has 0 aromatic carbocycles. The Kier molecular flexibility index (Phi) is 5.72. The topological polar surface area (TPSA) is 66.8 Å². The van der Waals surface area contributed by atoms with Crippen molar-refractivity contribution in [2.24, 2.45) is 5.92 Å². The first-order chi connectivity index (χ1) is 6.40. The maximum atomic E-state index is 11.4. The summed E-state index contributed by atoms with van der Waals surface area (Å²) >= 11 is 0. The number of esters is 1. The number of carbonyl (C=O) groups excluding carboxylic acids is 1. The molecule has 0 radical (unpaired) electrons. The molecule has 14 heavy (non-hydrogen) atoms. The number of aliphatic hydroxyl groups is 2. The van der Waals surface area contributed by atoms with E-state index in [1.54, 1.807) is 20.8 Å². The average molecular weight is 204 g/mol. The summed E-state index contributed by atoms with van der Waals surface area (Å²) in [7, 11) is 0. The third-order valence-corrected chi connectivity index (χ3v) is 1.67. The van der Waals surface area contributed by atoms with Crippen LogP contribution in [0.25, 0.3) is 0 Å². The van der Waals surface area contributed by atoms with Crippen molar-refractivity contribution in [1.29, 1.82) is 0 Å². The molecule has 4 nitrogen and oxygen atoms in total. The number of ether oxygens (including phenoxy) is 1. The van der Waals surface area contributed by atoms with Gasteiger partial charge in [-0.3, -0.25) is 4.79 Å².